The van der Waals surface area contributed by atoms with Crippen LogP contribution < -0.4 is 10.2 Å². The van der Waals surface area contributed by atoms with E-state index < -0.39 is 0 Å². The highest BCUT2D eigenvalue weighted by Gasteiger charge is 1.97. The fraction of sp³-hybridized carbons (Fsp3) is 0.0833. The number of nitrogens with one attached hydrogen (secondary N) is 1. The quantitative estimate of drug-likeness (QED) is 0.351. The summed E-state index contributed by atoms with van der Waals surface area (Å²) < 4.78 is 5.29. The summed E-state index contributed by atoms with van der Waals surface area (Å²) in [6.45, 7) is 0.227. The second-order valence-corrected chi connectivity index (χ2v) is 6.20. The Labute approximate surface area is 170 Å². The number of rotatable bonds is 8. The highest BCUT2D eigenvalue weighted by atomic mass is 16.5. The predicted octanol–water partition coefficient (Wildman–Crippen LogP) is 3.89. The summed E-state index contributed by atoms with van der Waals surface area (Å²) in [6.07, 6.45) is 4.74. The summed E-state index contributed by atoms with van der Waals surface area (Å²) in [6, 6.07) is 25.3. The molecule has 0 fully saturated rings. The van der Waals surface area contributed by atoms with Gasteiger partial charge in [0.05, 0.1) is 12.8 Å². The Balaban J connectivity index is 1.50. The van der Waals surface area contributed by atoms with Crippen LogP contribution in [0.1, 0.15) is 11.1 Å². The summed E-state index contributed by atoms with van der Waals surface area (Å²) in [7, 11) is 0. The third-order valence-electron chi connectivity index (χ3n) is 4.07. The van der Waals surface area contributed by atoms with Gasteiger partial charge in [-0.1, -0.05) is 54.6 Å². The number of benzene rings is 3. The minimum absolute atomic E-state index is 0.0278. The molecule has 0 aliphatic rings. The van der Waals surface area contributed by atoms with Crippen LogP contribution >= 0.6 is 0 Å². The SMILES string of the molecule is O=C(C=Cc1ccc(-c2ccccc2)cc1)NN=Cc1ccc(OCCO)cc1. The highest BCUT2D eigenvalue weighted by Crippen LogP contribution is 2.19. The van der Waals surface area contributed by atoms with E-state index in [1.807, 2.05) is 54.6 Å². The van der Waals surface area contributed by atoms with Crippen LogP contribution in [-0.4, -0.2) is 30.4 Å². The monoisotopic (exact) mass is 386 g/mol. The standard InChI is InChI=1S/C24H22N2O3/c27-16-17-29-23-13-8-20(9-14-23)18-25-26-24(28)15-10-19-6-11-22(12-7-19)21-4-2-1-3-5-21/h1-15,18,27H,16-17H2,(H,26,28). The molecule has 29 heavy (non-hydrogen) atoms. The third kappa shape index (κ3) is 6.45. The van der Waals surface area contributed by atoms with Gasteiger partial charge in [-0.25, -0.2) is 5.43 Å². The zero-order valence-corrected chi connectivity index (χ0v) is 15.9. The Morgan fingerprint density at radius 3 is 2.24 bits per heavy atom. The lowest BCUT2D eigenvalue weighted by Crippen LogP contribution is -2.14. The van der Waals surface area contributed by atoms with E-state index in [-0.39, 0.29) is 19.1 Å². The van der Waals surface area contributed by atoms with Crippen molar-refractivity contribution in [2.45, 2.75) is 0 Å². The molecule has 2 N–H and O–H groups in total. The maximum Gasteiger partial charge on any atom is 0.264 e. The Morgan fingerprint density at radius 1 is 0.897 bits per heavy atom. The molecule has 1 amide bonds. The van der Waals surface area contributed by atoms with Crippen molar-refractivity contribution in [3.63, 3.8) is 0 Å². The van der Waals surface area contributed by atoms with Gasteiger partial charge in [0.2, 0.25) is 0 Å². The first-order valence-corrected chi connectivity index (χ1v) is 9.25. The smallest absolute Gasteiger partial charge is 0.264 e. The van der Waals surface area contributed by atoms with Crippen LogP contribution in [0.4, 0.5) is 0 Å². The van der Waals surface area contributed by atoms with E-state index in [0.717, 1.165) is 22.3 Å². The van der Waals surface area contributed by atoms with Gasteiger partial charge in [0.15, 0.2) is 0 Å². The van der Waals surface area contributed by atoms with Gasteiger partial charge in [0, 0.05) is 6.08 Å². The normalized spacial score (nSPS) is 11.1. The topological polar surface area (TPSA) is 70.9 Å². The van der Waals surface area contributed by atoms with Crippen LogP contribution in [0.2, 0.25) is 0 Å². The molecule has 0 spiro atoms. The number of hydrazone groups is 1. The van der Waals surface area contributed by atoms with E-state index >= 15 is 0 Å². The van der Waals surface area contributed by atoms with Crippen LogP contribution in [0.25, 0.3) is 17.2 Å². The second kappa shape index (κ2) is 10.6. The van der Waals surface area contributed by atoms with Gasteiger partial charge in [0.1, 0.15) is 12.4 Å². The molecule has 0 atom stereocenters. The van der Waals surface area contributed by atoms with Gasteiger partial charge in [0.25, 0.3) is 5.91 Å². The first-order chi connectivity index (χ1) is 14.2. The Hall–Kier alpha value is -3.70. The van der Waals surface area contributed by atoms with E-state index in [2.05, 4.69) is 22.7 Å². The lowest BCUT2D eigenvalue weighted by atomic mass is 10.0. The number of aliphatic hydroxyl groups excluding tert-OH is 1. The molecule has 0 aromatic heterocycles. The molecule has 5 heteroatoms. The maximum absolute atomic E-state index is 11.9. The fourth-order valence-electron chi connectivity index (χ4n) is 2.61. The molecule has 0 unspecified atom stereocenters. The van der Waals surface area contributed by atoms with Crippen LogP contribution in [0.3, 0.4) is 0 Å². The van der Waals surface area contributed by atoms with Crippen molar-refractivity contribution in [3.05, 3.63) is 96.1 Å². The van der Waals surface area contributed by atoms with Crippen LogP contribution in [-0.2, 0) is 4.79 Å². The number of aliphatic hydroxyl groups is 1. The van der Waals surface area contributed by atoms with Gasteiger partial charge < -0.3 is 9.84 Å². The summed E-state index contributed by atoms with van der Waals surface area (Å²) in [5.74, 6) is 0.359. The minimum Gasteiger partial charge on any atom is -0.491 e. The van der Waals surface area contributed by atoms with Gasteiger partial charge in [-0.15, -0.1) is 0 Å². The van der Waals surface area contributed by atoms with Gasteiger partial charge >= 0.3 is 0 Å². The molecule has 0 aliphatic carbocycles. The number of carbonyl (C=O) groups is 1. The number of ether oxygens (including phenoxy) is 1. The third-order valence-corrected chi connectivity index (χ3v) is 4.07. The Kier molecular flexibility index (Phi) is 7.32. The number of carbonyl (C=O) groups excluding carboxylic acids is 1. The summed E-state index contributed by atoms with van der Waals surface area (Å²) in [5, 5.41) is 12.7. The molecule has 0 saturated carbocycles. The molecule has 5 nitrogen and oxygen atoms in total. The van der Waals surface area contributed by atoms with E-state index in [1.54, 1.807) is 24.4 Å². The second-order valence-electron chi connectivity index (χ2n) is 6.20. The van der Waals surface area contributed by atoms with Crippen molar-refractivity contribution in [2.24, 2.45) is 5.10 Å². The fourth-order valence-corrected chi connectivity index (χ4v) is 2.61. The van der Waals surface area contributed by atoms with E-state index in [1.165, 1.54) is 6.08 Å². The number of nitrogens with zero attached hydrogens (tertiary/aromatic N) is 1. The number of hydrogen-bond donors (Lipinski definition) is 2. The molecule has 146 valence electrons. The zero-order valence-electron chi connectivity index (χ0n) is 15.9. The largest absolute Gasteiger partial charge is 0.491 e. The van der Waals surface area contributed by atoms with E-state index in [0.29, 0.717) is 5.75 Å². The van der Waals surface area contributed by atoms with Crippen LogP contribution in [0, 0.1) is 0 Å². The van der Waals surface area contributed by atoms with E-state index in [9.17, 15) is 4.79 Å². The van der Waals surface area contributed by atoms with Crippen molar-refractivity contribution in [1.82, 2.24) is 5.43 Å². The van der Waals surface area contributed by atoms with Crippen LogP contribution in [0.5, 0.6) is 5.75 Å². The predicted molar refractivity (Wildman–Crippen MR) is 116 cm³/mol. The van der Waals surface area contributed by atoms with Gasteiger partial charge in [-0.2, -0.15) is 5.10 Å². The van der Waals surface area contributed by atoms with Crippen molar-refractivity contribution < 1.29 is 14.6 Å². The highest BCUT2D eigenvalue weighted by molar-refractivity contribution is 5.92. The molecule has 3 rings (SSSR count). The molecule has 0 heterocycles. The average Bonchev–Trinajstić information content (AvgIpc) is 2.78. The lowest BCUT2D eigenvalue weighted by Gasteiger charge is -2.03. The molecular formula is C24H22N2O3. The first kappa shape index (κ1) is 20.0. The Morgan fingerprint density at radius 2 is 1.55 bits per heavy atom. The van der Waals surface area contributed by atoms with Gasteiger partial charge in [-0.05, 0) is 52.6 Å². The van der Waals surface area contributed by atoms with Crippen molar-refractivity contribution >= 4 is 18.2 Å². The average molecular weight is 386 g/mol. The van der Waals surface area contributed by atoms with Crippen molar-refractivity contribution in [1.29, 1.82) is 0 Å². The lowest BCUT2D eigenvalue weighted by molar-refractivity contribution is -0.116. The Bertz CT molecular complexity index is 963. The molecular weight excluding hydrogens is 364 g/mol. The maximum atomic E-state index is 11.9. The molecule has 0 bridgehead atoms. The number of amides is 1. The molecule has 3 aromatic rings. The molecule has 3 aromatic carbocycles. The van der Waals surface area contributed by atoms with Gasteiger partial charge in [-0.3, -0.25) is 4.79 Å². The number of hydrogen-bond acceptors (Lipinski definition) is 4. The zero-order chi connectivity index (χ0) is 20.3. The summed E-state index contributed by atoms with van der Waals surface area (Å²) >= 11 is 0. The van der Waals surface area contributed by atoms with E-state index in [4.69, 9.17) is 9.84 Å². The summed E-state index contributed by atoms with van der Waals surface area (Å²) in [5.41, 5.74) is 6.51. The molecule has 0 saturated heterocycles. The van der Waals surface area contributed by atoms with Crippen molar-refractivity contribution in [2.75, 3.05) is 13.2 Å². The molecule has 0 aliphatic heterocycles. The molecule has 0 radical (unpaired) electrons. The first-order valence-electron chi connectivity index (χ1n) is 9.25. The summed E-state index contributed by atoms with van der Waals surface area (Å²) in [4.78, 5) is 11.9. The van der Waals surface area contributed by atoms with Crippen LogP contribution in [0.15, 0.2) is 90.0 Å². The minimum atomic E-state index is -0.309. The van der Waals surface area contributed by atoms with Crippen molar-refractivity contribution in [3.8, 4) is 16.9 Å².